The van der Waals surface area contributed by atoms with E-state index in [4.69, 9.17) is 0 Å². The molecular weight excluding hydrogens is 320 g/mol. The van der Waals surface area contributed by atoms with Gasteiger partial charge in [-0.1, -0.05) is 29.8 Å². The molecule has 122 valence electrons. The van der Waals surface area contributed by atoms with Crippen molar-refractivity contribution in [2.24, 2.45) is 5.92 Å². The minimum absolute atomic E-state index is 0.00425. The summed E-state index contributed by atoms with van der Waals surface area (Å²) in [7, 11) is -1.37. The van der Waals surface area contributed by atoms with E-state index in [9.17, 15) is 9.00 Å². The predicted octanol–water partition coefficient (Wildman–Crippen LogP) is 3.99. The van der Waals surface area contributed by atoms with Crippen LogP contribution in [0.1, 0.15) is 18.4 Å². The van der Waals surface area contributed by atoms with Gasteiger partial charge in [0.25, 0.3) is 0 Å². The van der Waals surface area contributed by atoms with Crippen LogP contribution in [0.15, 0.2) is 58.3 Å². The van der Waals surface area contributed by atoms with Gasteiger partial charge in [-0.2, -0.15) is 0 Å². The van der Waals surface area contributed by atoms with E-state index in [1.54, 1.807) is 0 Å². The number of nitrogens with one attached hydrogen (secondary N) is 2. The average Bonchev–Trinajstić information content (AvgIpc) is 3.38. The van der Waals surface area contributed by atoms with E-state index in [2.05, 4.69) is 10.3 Å². The van der Waals surface area contributed by atoms with E-state index in [1.807, 2.05) is 55.5 Å². The van der Waals surface area contributed by atoms with Gasteiger partial charge in [-0.3, -0.25) is 4.79 Å². The Morgan fingerprint density at radius 2 is 1.92 bits per heavy atom. The van der Waals surface area contributed by atoms with Crippen LogP contribution in [0.2, 0.25) is 0 Å². The summed E-state index contributed by atoms with van der Waals surface area (Å²) in [6.45, 7) is 2.00. The van der Waals surface area contributed by atoms with Crippen LogP contribution in [0.25, 0.3) is 10.9 Å². The molecule has 0 radical (unpaired) electrons. The smallest absolute Gasteiger partial charge is 0.228 e. The number of aryl methyl sites for hydroxylation is 1. The lowest BCUT2D eigenvalue weighted by Gasteiger charge is -2.07. The number of fused-ring (bicyclic) bond motifs is 1. The van der Waals surface area contributed by atoms with E-state index >= 15 is 0 Å². The quantitative estimate of drug-likeness (QED) is 0.755. The highest BCUT2D eigenvalue weighted by Gasteiger charge is 2.31. The summed E-state index contributed by atoms with van der Waals surface area (Å²) < 4.78 is 13.2. The van der Waals surface area contributed by atoms with Gasteiger partial charge in [0.1, 0.15) is 5.82 Å². The van der Waals surface area contributed by atoms with E-state index in [1.165, 1.54) is 0 Å². The Labute approximate surface area is 142 Å². The van der Waals surface area contributed by atoms with E-state index in [-0.39, 0.29) is 11.8 Å². The molecule has 1 aliphatic rings. The molecule has 2 N–H and O–H groups in total. The fourth-order valence-corrected chi connectivity index (χ4v) is 4.09. The zero-order chi connectivity index (χ0) is 16.7. The Morgan fingerprint density at radius 3 is 2.62 bits per heavy atom. The normalized spacial score (nSPS) is 15.4. The van der Waals surface area contributed by atoms with E-state index < -0.39 is 10.8 Å². The maximum Gasteiger partial charge on any atom is 0.228 e. The number of aromatic nitrogens is 1. The third kappa shape index (κ3) is 2.76. The number of amides is 1. The van der Waals surface area contributed by atoms with Crippen LogP contribution in [0.4, 0.5) is 5.82 Å². The van der Waals surface area contributed by atoms with Crippen LogP contribution in [0, 0.1) is 12.8 Å². The van der Waals surface area contributed by atoms with Crippen molar-refractivity contribution in [3.05, 3.63) is 54.1 Å². The molecular formula is C19H18N2O2S. The van der Waals surface area contributed by atoms with Crippen molar-refractivity contribution in [1.82, 2.24) is 4.98 Å². The number of rotatable bonds is 4. The van der Waals surface area contributed by atoms with Crippen molar-refractivity contribution in [3.63, 3.8) is 0 Å². The lowest BCUT2D eigenvalue weighted by Crippen LogP contribution is -2.15. The molecule has 2 aromatic carbocycles. The molecule has 0 aliphatic heterocycles. The zero-order valence-electron chi connectivity index (χ0n) is 13.3. The van der Waals surface area contributed by atoms with Crippen molar-refractivity contribution < 1.29 is 9.00 Å². The van der Waals surface area contributed by atoms with Crippen LogP contribution in [0.5, 0.6) is 0 Å². The lowest BCUT2D eigenvalue weighted by molar-refractivity contribution is -0.117. The first kappa shape index (κ1) is 15.1. The summed E-state index contributed by atoms with van der Waals surface area (Å²) in [5.74, 6) is 0.649. The Bertz CT molecular complexity index is 943. The number of hydrogen-bond acceptors (Lipinski definition) is 2. The summed E-state index contributed by atoms with van der Waals surface area (Å²) in [6, 6.07) is 15.3. The van der Waals surface area contributed by atoms with Gasteiger partial charge in [-0.15, -0.1) is 0 Å². The highest BCUT2D eigenvalue weighted by molar-refractivity contribution is 7.85. The largest absolute Gasteiger partial charge is 0.340 e. The third-order valence-corrected chi connectivity index (χ3v) is 5.74. The second kappa shape index (κ2) is 5.91. The van der Waals surface area contributed by atoms with Gasteiger partial charge >= 0.3 is 0 Å². The molecule has 3 aromatic rings. The summed E-state index contributed by atoms with van der Waals surface area (Å²) in [6.07, 6.45) is 1.87. The second-order valence-corrected chi connectivity index (χ2v) is 7.64. The van der Waals surface area contributed by atoms with Crippen molar-refractivity contribution in [2.45, 2.75) is 29.6 Å². The summed E-state index contributed by atoms with van der Waals surface area (Å²) in [5, 5.41) is 3.84. The first-order chi connectivity index (χ1) is 11.6. The van der Waals surface area contributed by atoms with Gasteiger partial charge in [-0.05, 0) is 44.0 Å². The average molecular weight is 338 g/mol. The number of anilines is 1. The predicted molar refractivity (Wildman–Crippen MR) is 95.5 cm³/mol. The lowest BCUT2D eigenvalue weighted by atomic mass is 10.2. The molecule has 0 bridgehead atoms. The minimum Gasteiger partial charge on any atom is -0.340 e. The fraction of sp³-hybridized carbons (Fsp3) is 0.211. The molecule has 0 saturated heterocycles. The molecule has 4 rings (SSSR count). The molecule has 1 heterocycles. The van der Waals surface area contributed by atoms with Gasteiger partial charge in [0.15, 0.2) is 0 Å². The van der Waals surface area contributed by atoms with Gasteiger partial charge < -0.3 is 10.3 Å². The van der Waals surface area contributed by atoms with Crippen LogP contribution in [-0.2, 0) is 15.6 Å². The molecule has 24 heavy (non-hydrogen) atoms. The summed E-state index contributed by atoms with van der Waals surface area (Å²) in [4.78, 5) is 16.8. The zero-order valence-corrected chi connectivity index (χ0v) is 14.2. The SMILES string of the molecule is Cc1ccc2[nH]c(NC(=O)C3CC3)c(S(=O)c3ccccc3)c2c1. The molecule has 1 unspecified atom stereocenters. The van der Waals surface area contributed by atoms with Crippen molar-refractivity contribution >= 4 is 33.4 Å². The number of benzene rings is 2. The topological polar surface area (TPSA) is 62.0 Å². The van der Waals surface area contributed by atoms with Crippen LogP contribution in [-0.4, -0.2) is 15.1 Å². The Morgan fingerprint density at radius 1 is 1.17 bits per heavy atom. The van der Waals surface area contributed by atoms with Crippen molar-refractivity contribution in [3.8, 4) is 0 Å². The summed E-state index contributed by atoms with van der Waals surface area (Å²) in [5.41, 5.74) is 1.97. The van der Waals surface area contributed by atoms with Gasteiger partial charge in [0.05, 0.1) is 15.7 Å². The van der Waals surface area contributed by atoms with Crippen LogP contribution >= 0.6 is 0 Å². The maximum absolute atomic E-state index is 13.2. The number of H-pyrrole nitrogens is 1. The third-order valence-electron chi connectivity index (χ3n) is 4.25. The monoisotopic (exact) mass is 338 g/mol. The molecule has 4 nitrogen and oxygen atoms in total. The minimum atomic E-state index is -1.37. The molecule has 1 amide bonds. The molecule has 1 saturated carbocycles. The summed E-state index contributed by atoms with van der Waals surface area (Å²) >= 11 is 0. The standard InChI is InChI=1S/C19H18N2O2S/c1-12-7-10-16-15(11-12)17(24(23)14-5-3-2-4-6-14)18(20-16)21-19(22)13-8-9-13/h2-7,10-11,13,20H,8-9H2,1H3,(H,21,22). The molecule has 5 heteroatoms. The molecule has 1 aromatic heterocycles. The number of hydrogen-bond donors (Lipinski definition) is 2. The first-order valence-corrected chi connectivity index (χ1v) is 9.18. The fourth-order valence-electron chi connectivity index (χ4n) is 2.79. The Balaban J connectivity index is 1.84. The van der Waals surface area contributed by atoms with Crippen LogP contribution < -0.4 is 5.32 Å². The molecule has 1 fully saturated rings. The Hall–Kier alpha value is -2.40. The van der Waals surface area contributed by atoms with Gasteiger partial charge in [-0.25, -0.2) is 4.21 Å². The highest BCUT2D eigenvalue weighted by atomic mass is 32.2. The Kier molecular flexibility index (Phi) is 3.73. The first-order valence-electron chi connectivity index (χ1n) is 8.03. The number of aromatic amines is 1. The maximum atomic E-state index is 13.2. The van der Waals surface area contributed by atoms with Gasteiger partial charge in [0, 0.05) is 21.7 Å². The van der Waals surface area contributed by atoms with Crippen molar-refractivity contribution in [1.29, 1.82) is 0 Å². The van der Waals surface area contributed by atoms with Gasteiger partial charge in [0.2, 0.25) is 5.91 Å². The molecule has 1 atom stereocenters. The highest BCUT2D eigenvalue weighted by Crippen LogP contribution is 2.35. The van der Waals surface area contributed by atoms with Crippen molar-refractivity contribution in [2.75, 3.05) is 5.32 Å². The molecule has 1 aliphatic carbocycles. The van der Waals surface area contributed by atoms with E-state index in [0.29, 0.717) is 10.7 Å². The van der Waals surface area contributed by atoms with E-state index in [0.717, 1.165) is 34.2 Å². The number of carbonyl (C=O) groups is 1. The van der Waals surface area contributed by atoms with Crippen LogP contribution in [0.3, 0.4) is 0 Å². The molecule has 0 spiro atoms. The second-order valence-electron chi connectivity index (χ2n) is 6.22. The number of carbonyl (C=O) groups excluding carboxylic acids is 1.